The Kier molecular flexibility index (Phi) is 5.17. The largest absolute Gasteiger partial charge is 0.314 e. The first-order valence-electron chi connectivity index (χ1n) is 8.42. The number of pyridine rings is 1. The Morgan fingerprint density at radius 1 is 1.19 bits per heavy atom. The molecule has 3 heterocycles. The van der Waals surface area contributed by atoms with Gasteiger partial charge in [0.05, 0.1) is 27.6 Å². The highest BCUT2D eigenvalue weighted by Gasteiger charge is 2.25. The maximum Gasteiger partial charge on any atom is 0.0972 e. The number of hydrogen-bond donors (Lipinski definition) is 1. The fourth-order valence-electron chi connectivity index (χ4n) is 3.20. The van der Waals surface area contributed by atoms with E-state index in [4.69, 9.17) is 23.2 Å². The number of halogens is 2. The van der Waals surface area contributed by atoms with Gasteiger partial charge in [0.15, 0.2) is 0 Å². The van der Waals surface area contributed by atoms with Crippen molar-refractivity contribution in [1.82, 2.24) is 30.2 Å². The minimum absolute atomic E-state index is 0.261. The Balaban J connectivity index is 1.55. The first-order valence-corrected chi connectivity index (χ1v) is 9.18. The van der Waals surface area contributed by atoms with Crippen molar-refractivity contribution in [3.8, 4) is 5.69 Å². The minimum Gasteiger partial charge on any atom is -0.314 e. The molecule has 134 valence electrons. The van der Waals surface area contributed by atoms with Gasteiger partial charge in [-0.15, -0.1) is 5.10 Å². The fourth-order valence-corrected chi connectivity index (χ4v) is 3.59. The lowest BCUT2D eigenvalue weighted by molar-refractivity contribution is 0.151. The zero-order valence-electron chi connectivity index (χ0n) is 14.0. The fraction of sp³-hybridized carbons (Fsp3) is 0.278. The molecule has 2 aromatic heterocycles. The summed E-state index contributed by atoms with van der Waals surface area (Å²) in [5.74, 6) is 0. The molecule has 0 amide bonds. The van der Waals surface area contributed by atoms with E-state index in [-0.39, 0.29) is 6.04 Å². The number of piperazine rings is 1. The normalized spacial score (nSPS) is 18.2. The van der Waals surface area contributed by atoms with Crippen molar-refractivity contribution >= 4 is 23.2 Å². The quantitative estimate of drug-likeness (QED) is 0.743. The van der Waals surface area contributed by atoms with Gasteiger partial charge in [0.1, 0.15) is 0 Å². The van der Waals surface area contributed by atoms with Crippen LogP contribution in [0.3, 0.4) is 0 Å². The molecular weight excluding hydrogens is 371 g/mol. The molecule has 4 rings (SSSR count). The average molecular weight is 389 g/mol. The Morgan fingerprint density at radius 2 is 2.12 bits per heavy atom. The monoisotopic (exact) mass is 388 g/mol. The van der Waals surface area contributed by atoms with E-state index in [1.54, 1.807) is 16.9 Å². The third-order valence-electron chi connectivity index (χ3n) is 4.51. The van der Waals surface area contributed by atoms with Gasteiger partial charge < -0.3 is 5.32 Å². The van der Waals surface area contributed by atoms with E-state index in [1.165, 1.54) is 5.56 Å². The molecule has 0 radical (unpaired) electrons. The van der Waals surface area contributed by atoms with Crippen LogP contribution < -0.4 is 5.32 Å². The number of nitrogens with one attached hydrogen (secondary N) is 1. The van der Waals surface area contributed by atoms with Crippen LogP contribution in [-0.4, -0.2) is 44.5 Å². The molecule has 1 aromatic carbocycles. The van der Waals surface area contributed by atoms with Gasteiger partial charge in [0.25, 0.3) is 0 Å². The summed E-state index contributed by atoms with van der Waals surface area (Å²) in [6, 6.07) is 9.82. The summed E-state index contributed by atoms with van der Waals surface area (Å²) in [6.07, 6.45) is 5.62. The van der Waals surface area contributed by atoms with E-state index >= 15 is 0 Å². The van der Waals surface area contributed by atoms with Gasteiger partial charge >= 0.3 is 0 Å². The van der Waals surface area contributed by atoms with Gasteiger partial charge in [-0.25, -0.2) is 4.68 Å². The number of aromatic nitrogens is 4. The summed E-state index contributed by atoms with van der Waals surface area (Å²) in [7, 11) is 0. The molecule has 3 aromatic rings. The van der Waals surface area contributed by atoms with Crippen molar-refractivity contribution in [2.45, 2.75) is 12.6 Å². The van der Waals surface area contributed by atoms with Crippen LogP contribution in [0.15, 0.2) is 48.9 Å². The smallest absolute Gasteiger partial charge is 0.0972 e. The topological polar surface area (TPSA) is 58.9 Å². The molecule has 6 nitrogen and oxygen atoms in total. The van der Waals surface area contributed by atoms with E-state index in [1.807, 2.05) is 30.6 Å². The number of benzene rings is 1. The molecule has 0 saturated carbocycles. The van der Waals surface area contributed by atoms with Crippen molar-refractivity contribution in [1.29, 1.82) is 0 Å². The molecule has 0 bridgehead atoms. The van der Waals surface area contributed by atoms with E-state index in [9.17, 15) is 0 Å². The summed E-state index contributed by atoms with van der Waals surface area (Å²) >= 11 is 12.4. The van der Waals surface area contributed by atoms with E-state index in [2.05, 4.69) is 31.6 Å². The molecule has 0 aliphatic carbocycles. The molecule has 26 heavy (non-hydrogen) atoms. The van der Waals surface area contributed by atoms with Crippen LogP contribution in [0.4, 0.5) is 0 Å². The van der Waals surface area contributed by atoms with Gasteiger partial charge in [-0.1, -0.05) is 40.5 Å². The Hall–Kier alpha value is -1.99. The first kappa shape index (κ1) is 17.4. The van der Waals surface area contributed by atoms with Crippen LogP contribution in [0.25, 0.3) is 5.69 Å². The summed E-state index contributed by atoms with van der Waals surface area (Å²) in [6.45, 7) is 3.48. The van der Waals surface area contributed by atoms with E-state index in [0.29, 0.717) is 16.6 Å². The Morgan fingerprint density at radius 3 is 2.96 bits per heavy atom. The predicted octanol–water partition coefficient (Wildman–Crippen LogP) is 3.12. The number of hydrogen-bond acceptors (Lipinski definition) is 5. The second kappa shape index (κ2) is 7.72. The molecule has 1 atom stereocenters. The second-order valence-electron chi connectivity index (χ2n) is 6.20. The third kappa shape index (κ3) is 3.59. The lowest BCUT2D eigenvalue weighted by atomic mass is 10.1. The maximum atomic E-state index is 6.29. The molecule has 1 aliphatic rings. The predicted molar refractivity (Wildman–Crippen MR) is 102 cm³/mol. The van der Waals surface area contributed by atoms with Gasteiger partial charge in [-0.05, 0) is 23.8 Å². The van der Waals surface area contributed by atoms with Gasteiger partial charge in [0.2, 0.25) is 0 Å². The Bertz CT molecular complexity index is 882. The summed E-state index contributed by atoms with van der Waals surface area (Å²) < 4.78 is 1.67. The summed E-state index contributed by atoms with van der Waals surface area (Å²) in [4.78, 5) is 6.64. The van der Waals surface area contributed by atoms with Crippen LogP contribution >= 0.6 is 23.2 Å². The number of nitrogens with zero attached hydrogens (tertiary/aromatic N) is 5. The lowest BCUT2D eigenvalue weighted by Gasteiger charge is -2.35. The number of rotatable bonds is 4. The van der Waals surface area contributed by atoms with Crippen LogP contribution in [-0.2, 0) is 6.54 Å². The van der Waals surface area contributed by atoms with Crippen LogP contribution in [0.1, 0.15) is 17.3 Å². The zero-order valence-corrected chi connectivity index (χ0v) is 15.5. The molecule has 1 fully saturated rings. The summed E-state index contributed by atoms with van der Waals surface area (Å²) in [5.41, 5.74) is 2.81. The molecule has 1 N–H and O–H groups in total. The highest BCUT2D eigenvalue weighted by Crippen LogP contribution is 2.28. The van der Waals surface area contributed by atoms with E-state index < -0.39 is 0 Å². The maximum absolute atomic E-state index is 6.29. The van der Waals surface area contributed by atoms with Crippen molar-refractivity contribution in [2.75, 3.05) is 19.6 Å². The third-order valence-corrected chi connectivity index (χ3v) is 5.32. The van der Waals surface area contributed by atoms with Crippen molar-refractivity contribution in [3.05, 3.63) is 70.2 Å². The average Bonchev–Trinajstić information content (AvgIpc) is 3.13. The second-order valence-corrected chi connectivity index (χ2v) is 6.99. The Labute approximate surface area is 161 Å². The lowest BCUT2D eigenvalue weighted by Crippen LogP contribution is -2.45. The zero-order chi connectivity index (χ0) is 17.9. The molecule has 0 spiro atoms. The van der Waals surface area contributed by atoms with Crippen molar-refractivity contribution in [2.24, 2.45) is 0 Å². The highest BCUT2D eigenvalue weighted by atomic mass is 35.5. The molecule has 1 aliphatic heterocycles. The van der Waals surface area contributed by atoms with Crippen molar-refractivity contribution in [3.63, 3.8) is 0 Å². The van der Waals surface area contributed by atoms with Gasteiger partial charge in [0, 0.05) is 44.6 Å². The SMILES string of the molecule is Clc1cccc(-n2cc(CN3CCNCC3c3cccnc3)nn2)c1Cl. The first-order chi connectivity index (χ1) is 12.7. The minimum atomic E-state index is 0.261. The molecular formula is C18H18Cl2N6. The van der Waals surface area contributed by atoms with Crippen LogP contribution in [0.2, 0.25) is 10.0 Å². The summed E-state index contributed by atoms with van der Waals surface area (Å²) in [5, 5.41) is 13.0. The van der Waals surface area contributed by atoms with Gasteiger partial charge in [-0.2, -0.15) is 0 Å². The molecule has 1 unspecified atom stereocenters. The van der Waals surface area contributed by atoms with Crippen LogP contribution in [0, 0.1) is 0 Å². The van der Waals surface area contributed by atoms with Crippen molar-refractivity contribution < 1.29 is 0 Å². The van der Waals surface area contributed by atoms with E-state index in [0.717, 1.165) is 31.0 Å². The standard InChI is InChI=1S/C18H18Cl2N6/c19-15-4-1-5-16(18(15)20)26-12-14(23-24-26)11-25-8-7-22-10-17(25)13-3-2-6-21-9-13/h1-6,9,12,17,22H,7-8,10-11H2. The molecule has 1 saturated heterocycles. The van der Waals surface area contributed by atoms with Gasteiger partial charge in [-0.3, -0.25) is 9.88 Å². The van der Waals surface area contributed by atoms with Crippen LogP contribution in [0.5, 0.6) is 0 Å². The molecule has 8 heteroatoms. The highest BCUT2D eigenvalue weighted by molar-refractivity contribution is 6.43.